The number of fused-ring (bicyclic) bond motifs is 1. The topological polar surface area (TPSA) is 38.9 Å². The second-order valence-corrected chi connectivity index (χ2v) is 7.79. The van der Waals surface area contributed by atoms with Gasteiger partial charge in [-0.3, -0.25) is 0 Å². The van der Waals surface area contributed by atoms with Crippen LogP contribution in [0.4, 0.5) is 0 Å². The summed E-state index contributed by atoms with van der Waals surface area (Å²) in [6.45, 7) is 6.78. The monoisotopic (exact) mass is 372 g/mol. The molecule has 2 aromatic heterocycles. The van der Waals surface area contributed by atoms with Crippen molar-refractivity contribution < 1.29 is 9.30 Å². The maximum atomic E-state index is 5.53. The fraction of sp³-hybridized carbons (Fsp3) is 0.316. The van der Waals surface area contributed by atoms with Gasteiger partial charge >= 0.3 is 5.95 Å². The quantitative estimate of drug-likeness (QED) is 0.407. The summed E-state index contributed by atoms with van der Waals surface area (Å²) in [7, 11) is 0. The number of benzene rings is 1. The summed E-state index contributed by atoms with van der Waals surface area (Å²) < 4.78 is 7.42. The standard InChI is InChI=1S/C19H21N3OS2/c1-4-23-15-10-11-20-18(21-15)22-12-6-8-13-7-5-9-14(16(13)22)19(2,3)17(24)25/h5-12,17H,4H2,1-3H3,(H-,24,25)/p+1. The molecule has 0 saturated carbocycles. The van der Waals surface area contributed by atoms with Crippen LogP contribution in [0.3, 0.4) is 0 Å². The molecule has 6 heteroatoms. The Labute approximate surface area is 159 Å². The number of rotatable bonds is 5. The number of hydrogen-bond donors (Lipinski definition) is 2. The van der Waals surface area contributed by atoms with E-state index in [4.69, 9.17) is 4.74 Å². The number of pyridine rings is 1. The molecule has 3 aromatic rings. The van der Waals surface area contributed by atoms with Gasteiger partial charge in [-0.15, -0.1) is 0 Å². The van der Waals surface area contributed by atoms with Crippen molar-refractivity contribution >= 4 is 36.2 Å². The molecule has 0 unspecified atom stereocenters. The molecule has 130 valence electrons. The van der Waals surface area contributed by atoms with Crippen LogP contribution in [0.15, 0.2) is 48.8 Å². The van der Waals surface area contributed by atoms with Gasteiger partial charge in [-0.25, -0.2) is 0 Å². The molecule has 4 nitrogen and oxygen atoms in total. The van der Waals surface area contributed by atoms with Gasteiger partial charge in [0.2, 0.25) is 0 Å². The lowest BCUT2D eigenvalue weighted by molar-refractivity contribution is -0.576. The molecule has 0 aliphatic rings. The van der Waals surface area contributed by atoms with Crippen molar-refractivity contribution in [3.8, 4) is 11.8 Å². The molecule has 0 spiro atoms. The third-order valence-corrected chi connectivity index (χ3v) is 5.57. The fourth-order valence-corrected chi connectivity index (χ4v) is 3.05. The normalized spacial score (nSPS) is 11.9. The lowest BCUT2D eigenvalue weighted by atomic mass is 9.84. The first-order valence-corrected chi connectivity index (χ1v) is 9.24. The van der Waals surface area contributed by atoms with Gasteiger partial charge in [0.25, 0.3) is 5.88 Å². The van der Waals surface area contributed by atoms with Crippen LogP contribution in [0.25, 0.3) is 16.9 Å². The molecule has 0 amide bonds. The minimum Gasteiger partial charge on any atom is -0.466 e. The number of hydrogen-bond acceptors (Lipinski definition) is 5. The van der Waals surface area contributed by atoms with Gasteiger partial charge in [0.05, 0.1) is 23.5 Å². The van der Waals surface area contributed by atoms with E-state index in [0.29, 0.717) is 18.4 Å². The van der Waals surface area contributed by atoms with E-state index < -0.39 is 0 Å². The smallest absolute Gasteiger partial charge is 0.441 e. The fourth-order valence-electron chi connectivity index (χ4n) is 2.77. The lowest BCUT2D eigenvalue weighted by Gasteiger charge is -2.29. The minimum absolute atomic E-state index is 0.109. The van der Waals surface area contributed by atoms with Gasteiger partial charge < -0.3 is 4.74 Å². The highest BCUT2D eigenvalue weighted by molar-refractivity contribution is 7.99. The minimum atomic E-state index is -0.244. The van der Waals surface area contributed by atoms with E-state index in [1.54, 1.807) is 12.3 Å². The maximum Gasteiger partial charge on any atom is 0.441 e. The predicted molar refractivity (Wildman–Crippen MR) is 107 cm³/mol. The van der Waals surface area contributed by atoms with Crippen molar-refractivity contribution in [2.75, 3.05) is 6.61 Å². The van der Waals surface area contributed by atoms with Gasteiger partial charge in [0.1, 0.15) is 11.7 Å². The van der Waals surface area contributed by atoms with E-state index in [1.165, 1.54) is 0 Å². The summed E-state index contributed by atoms with van der Waals surface area (Å²) in [6, 6.07) is 12.1. The Balaban J connectivity index is 2.28. The average Bonchev–Trinajstić information content (AvgIpc) is 2.61. The average molecular weight is 373 g/mol. The summed E-state index contributed by atoms with van der Waals surface area (Å²) >= 11 is 9.17. The Hall–Kier alpha value is -1.79. The van der Waals surface area contributed by atoms with Crippen LogP contribution in [0.1, 0.15) is 26.3 Å². The molecule has 3 rings (SSSR count). The number of aromatic nitrogens is 3. The summed E-state index contributed by atoms with van der Waals surface area (Å²) in [5, 5.41) is 1.11. The Kier molecular flexibility index (Phi) is 5.20. The molecular formula is C19H22N3OS2+. The van der Waals surface area contributed by atoms with Gasteiger partial charge in [0.15, 0.2) is 0 Å². The molecule has 0 fully saturated rings. The van der Waals surface area contributed by atoms with Crippen LogP contribution in [0.2, 0.25) is 0 Å². The van der Waals surface area contributed by atoms with Crippen molar-refractivity contribution in [3.63, 3.8) is 0 Å². The molecule has 1 aromatic carbocycles. The highest BCUT2D eigenvalue weighted by Crippen LogP contribution is 2.35. The number of thiol groups is 2. The van der Waals surface area contributed by atoms with Crippen LogP contribution < -0.4 is 9.30 Å². The first-order valence-electron chi connectivity index (χ1n) is 8.21. The molecule has 0 bridgehead atoms. The molecule has 0 atom stereocenters. The first kappa shape index (κ1) is 18.0. The summed E-state index contributed by atoms with van der Waals surface area (Å²) in [5.41, 5.74) is 1.95. The summed E-state index contributed by atoms with van der Waals surface area (Å²) in [6.07, 6.45) is 3.69. The Morgan fingerprint density at radius 1 is 1.16 bits per heavy atom. The lowest BCUT2D eigenvalue weighted by Crippen LogP contribution is -2.37. The second kappa shape index (κ2) is 7.22. The molecule has 0 radical (unpaired) electrons. The Morgan fingerprint density at radius 2 is 1.92 bits per heavy atom. The Bertz CT molecular complexity index is 891. The summed E-state index contributed by atoms with van der Waals surface area (Å²) in [4.78, 5) is 8.99. The van der Waals surface area contributed by atoms with Gasteiger partial charge in [-0.2, -0.15) is 29.8 Å². The molecule has 0 saturated heterocycles. The van der Waals surface area contributed by atoms with E-state index in [0.717, 1.165) is 16.5 Å². The van der Waals surface area contributed by atoms with E-state index >= 15 is 0 Å². The summed E-state index contributed by atoms with van der Waals surface area (Å²) in [5.74, 6) is 1.14. The first-order chi connectivity index (χ1) is 11.9. The van der Waals surface area contributed by atoms with E-state index in [2.05, 4.69) is 73.3 Å². The van der Waals surface area contributed by atoms with E-state index in [9.17, 15) is 0 Å². The predicted octanol–water partition coefficient (Wildman–Crippen LogP) is 3.77. The van der Waals surface area contributed by atoms with Crippen LogP contribution in [0, 0.1) is 0 Å². The van der Waals surface area contributed by atoms with Crippen LogP contribution >= 0.6 is 25.3 Å². The highest BCUT2D eigenvalue weighted by Gasteiger charge is 2.31. The van der Waals surface area contributed by atoms with E-state index in [-0.39, 0.29) is 10.00 Å². The van der Waals surface area contributed by atoms with Crippen molar-refractivity contribution in [1.82, 2.24) is 9.97 Å². The van der Waals surface area contributed by atoms with Crippen molar-refractivity contribution in [2.45, 2.75) is 30.8 Å². The molecular weight excluding hydrogens is 350 g/mol. The van der Waals surface area contributed by atoms with E-state index in [1.807, 2.05) is 23.8 Å². The molecule has 0 aliphatic carbocycles. The zero-order chi connectivity index (χ0) is 18.0. The number of nitrogens with zero attached hydrogens (tertiary/aromatic N) is 3. The molecule has 25 heavy (non-hydrogen) atoms. The molecule has 0 N–H and O–H groups in total. The zero-order valence-corrected chi connectivity index (χ0v) is 16.3. The zero-order valence-electron chi connectivity index (χ0n) is 14.5. The molecule has 2 heterocycles. The van der Waals surface area contributed by atoms with Gasteiger partial charge in [-0.1, -0.05) is 37.0 Å². The second-order valence-electron chi connectivity index (χ2n) is 6.34. The van der Waals surface area contributed by atoms with Crippen LogP contribution in [-0.2, 0) is 5.41 Å². The highest BCUT2D eigenvalue weighted by atomic mass is 32.2. The third-order valence-electron chi connectivity index (χ3n) is 4.28. The van der Waals surface area contributed by atoms with Crippen molar-refractivity contribution in [1.29, 1.82) is 0 Å². The molecule has 0 aliphatic heterocycles. The third kappa shape index (κ3) is 3.46. The maximum absolute atomic E-state index is 5.53. The number of ether oxygens (including phenoxy) is 1. The van der Waals surface area contributed by atoms with Gasteiger partial charge in [-0.05, 0) is 29.6 Å². The van der Waals surface area contributed by atoms with Crippen molar-refractivity contribution in [3.05, 3.63) is 54.4 Å². The SMILES string of the molecule is CCOc1ccnc(-[n+]2cccc3cccc(C(C)(C)C(S)S)c32)n1. The van der Waals surface area contributed by atoms with Crippen molar-refractivity contribution in [2.24, 2.45) is 0 Å². The largest absolute Gasteiger partial charge is 0.466 e. The van der Waals surface area contributed by atoms with Crippen LogP contribution in [-0.4, -0.2) is 21.2 Å². The Morgan fingerprint density at radius 3 is 2.64 bits per heavy atom. The number of para-hydroxylation sites is 1. The van der Waals surface area contributed by atoms with Gasteiger partial charge in [0, 0.05) is 10.8 Å². The van der Waals surface area contributed by atoms with Crippen LogP contribution in [0.5, 0.6) is 5.88 Å².